The zero-order valence-electron chi connectivity index (χ0n) is 9.84. The van der Waals surface area contributed by atoms with Gasteiger partial charge in [0.25, 0.3) is 5.91 Å². The first-order valence-electron chi connectivity index (χ1n) is 5.51. The van der Waals surface area contributed by atoms with Gasteiger partial charge in [0.15, 0.2) is 5.82 Å². The molecule has 8 nitrogen and oxygen atoms in total. The second-order valence-corrected chi connectivity index (χ2v) is 3.45. The van der Waals surface area contributed by atoms with Crippen LogP contribution in [0.15, 0.2) is 18.2 Å². The summed E-state index contributed by atoms with van der Waals surface area (Å²) in [5, 5.41) is 18.9. The van der Waals surface area contributed by atoms with Gasteiger partial charge in [-0.2, -0.15) is 5.21 Å². The van der Waals surface area contributed by atoms with E-state index in [1.807, 2.05) is 6.92 Å². The summed E-state index contributed by atoms with van der Waals surface area (Å²) in [6.45, 7) is 2.92. The number of carbonyl (C=O) groups excluding carboxylic acids is 1. The molecule has 0 atom stereocenters. The smallest absolute Gasteiger partial charge is 0.270 e. The highest BCUT2D eigenvalue weighted by molar-refractivity contribution is 5.92. The summed E-state index contributed by atoms with van der Waals surface area (Å²) in [4.78, 5) is 16.0. The van der Waals surface area contributed by atoms with Crippen LogP contribution in [-0.4, -0.2) is 38.1 Å². The molecular weight excluding hydrogens is 234 g/mol. The van der Waals surface area contributed by atoms with Crippen LogP contribution in [-0.2, 0) is 6.54 Å². The van der Waals surface area contributed by atoms with E-state index in [2.05, 4.69) is 36.2 Å². The van der Waals surface area contributed by atoms with Gasteiger partial charge >= 0.3 is 0 Å². The van der Waals surface area contributed by atoms with Crippen LogP contribution in [0, 0.1) is 0 Å². The van der Waals surface area contributed by atoms with E-state index in [1.54, 1.807) is 18.2 Å². The Hall–Kier alpha value is -2.51. The van der Waals surface area contributed by atoms with Gasteiger partial charge in [-0.15, -0.1) is 10.2 Å². The quantitative estimate of drug-likeness (QED) is 0.684. The highest BCUT2D eigenvalue weighted by Gasteiger charge is 2.08. The van der Waals surface area contributed by atoms with E-state index in [9.17, 15) is 4.79 Å². The van der Waals surface area contributed by atoms with Gasteiger partial charge in [0, 0.05) is 6.54 Å². The lowest BCUT2D eigenvalue weighted by Gasteiger charge is -2.05. The molecule has 0 radical (unpaired) electrons. The number of amides is 1. The Balaban J connectivity index is 1.97. The fraction of sp³-hybridized carbons (Fsp3) is 0.300. The number of carbonyl (C=O) groups is 1. The first kappa shape index (κ1) is 12.0. The fourth-order valence-corrected chi connectivity index (χ4v) is 1.35. The van der Waals surface area contributed by atoms with E-state index < -0.39 is 0 Å². The van der Waals surface area contributed by atoms with Crippen molar-refractivity contribution in [2.75, 3.05) is 11.9 Å². The molecule has 0 bridgehead atoms. The summed E-state index contributed by atoms with van der Waals surface area (Å²) in [7, 11) is 0. The third-order valence-electron chi connectivity index (χ3n) is 2.14. The molecule has 0 aliphatic heterocycles. The summed E-state index contributed by atoms with van der Waals surface area (Å²) < 4.78 is 0. The Bertz CT molecular complexity index is 511. The minimum atomic E-state index is -0.278. The van der Waals surface area contributed by atoms with Gasteiger partial charge in [0.05, 0.1) is 6.54 Å². The Morgan fingerprint density at radius 2 is 2.33 bits per heavy atom. The lowest BCUT2D eigenvalue weighted by atomic mass is 10.3. The number of anilines is 1. The molecule has 2 aromatic heterocycles. The number of tetrazole rings is 1. The van der Waals surface area contributed by atoms with E-state index in [0.717, 1.165) is 6.54 Å². The molecule has 18 heavy (non-hydrogen) atoms. The summed E-state index contributed by atoms with van der Waals surface area (Å²) in [6, 6.07) is 5.22. The SMILES string of the molecule is CCNc1cccc(C(=O)NCc2nn[nH]n2)n1. The number of pyridine rings is 1. The monoisotopic (exact) mass is 247 g/mol. The minimum absolute atomic E-state index is 0.211. The Morgan fingerprint density at radius 3 is 3.06 bits per heavy atom. The van der Waals surface area contributed by atoms with Crippen molar-refractivity contribution in [1.29, 1.82) is 0 Å². The van der Waals surface area contributed by atoms with Crippen molar-refractivity contribution in [2.45, 2.75) is 13.5 Å². The molecule has 8 heteroatoms. The van der Waals surface area contributed by atoms with Crippen LogP contribution < -0.4 is 10.6 Å². The molecule has 0 aliphatic rings. The highest BCUT2D eigenvalue weighted by Crippen LogP contribution is 2.04. The zero-order chi connectivity index (χ0) is 12.8. The number of nitrogens with zero attached hydrogens (tertiary/aromatic N) is 4. The number of H-pyrrole nitrogens is 1. The first-order chi connectivity index (χ1) is 8.79. The van der Waals surface area contributed by atoms with Crippen molar-refractivity contribution in [3.05, 3.63) is 29.7 Å². The highest BCUT2D eigenvalue weighted by atomic mass is 16.1. The number of aromatic nitrogens is 5. The van der Waals surface area contributed by atoms with Gasteiger partial charge in [-0.25, -0.2) is 4.98 Å². The molecule has 2 aromatic rings. The molecule has 0 saturated carbocycles. The normalized spacial score (nSPS) is 10.1. The van der Waals surface area contributed by atoms with Gasteiger partial charge in [-0.3, -0.25) is 4.79 Å². The van der Waals surface area contributed by atoms with Crippen molar-refractivity contribution >= 4 is 11.7 Å². The van der Waals surface area contributed by atoms with Crippen LogP contribution in [0.2, 0.25) is 0 Å². The van der Waals surface area contributed by atoms with Crippen LogP contribution in [0.3, 0.4) is 0 Å². The third kappa shape index (κ3) is 3.00. The van der Waals surface area contributed by atoms with Crippen molar-refractivity contribution in [1.82, 2.24) is 30.9 Å². The van der Waals surface area contributed by atoms with Gasteiger partial charge in [-0.1, -0.05) is 11.3 Å². The molecule has 1 amide bonds. The maximum absolute atomic E-state index is 11.8. The second-order valence-electron chi connectivity index (χ2n) is 3.45. The number of nitrogens with one attached hydrogen (secondary N) is 3. The molecule has 0 spiro atoms. The van der Waals surface area contributed by atoms with E-state index in [-0.39, 0.29) is 12.5 Å². The van der Waals surface area contributed by atoms with E-state index in [0.29, 0.717) is 17.3 Å². The largest absolute Gasteiger partial charge is 0.370 e. The summed E-state index contributed by atoms with van der Waals surface area (Å²) in [6.07, 6.45) is 0. The van der Waals surface area contributed by atoms with E-state index >= 15 is 0 Å². The third-order valence-corrected chi connectivity index (χ3v) is 2.14. The standard InChI is InChI=1S/C10H13N7O/c1-2-11-8-5-3-4-7(13-8)10(18)12-6-9-14-16-17-15-9/h3-5H,2,6H2,1H3,(H,11,13)(H,12,18)(H,14,15,16,17). The van der Waals surface area contributed by atoms with Gasteiger partial charge in [-0.05, 0) is 19.1 Å². The number of aromatic amines is 1. The summed E-state index contributed by atoms with van der Waals surface area (Å²) in [5.41, 5.74) is 0.344. The number of hydrogen-bond acceptors (Lipinski definition) is 6. The van der Waals surface area contributed by atoms with Crippen molar-refractivity contribution in [2.24, 2.45) is 0 Å². The molecule has 94 valence electrons. The first-order valence-corrected chi connectivity index (χ1v) is 5.51. The van der Waals surface area contributed by atoms with E-state index in [4.69, 9.17) is 0 Å². The predicted octanol–water partition coefficient (Wildman–Crippen LogP) is -0.0435. The Morgan fingerprint density at radius 1 is 1.44 bits per heavy atom. The van der Waals surface area contributed by atoms with E-state index in [1.165, 1.54) is 0 Å². The van der Waals surface area contributed by atoms with Crippen molar-refractivity contribution < 1.29 is 4.79 Å². The van der Waals surface area contributed by atoms with Crippen LogP contribution in [0.1, 0.15) is 23.2 Å². The average Bonchev–Trinajstić information content (AvgIpc) is 2.90. The zero-order valence-corrected chi connectivity index (χ0v) is 9.84. The summed E-state index contributed by atoms with van der Waals surface area (Å²) in [5.74, 6) is 0.815. The van der Waals surface area contributed by atoms with Gasteiger partial charge in [0.1, 0.15) is 11.5 Å². The molecule has 0 unspecified atom stereocenters. The topological polar surface area (TPSA) is 108 Å². The minimum Gasteiger partial charge on any atom is -0.370 e. The molecule has 2 heterocycles. The predicted molar refractivity (Wildman–Crippen MR) is 63.7 cm³/mol. The van der Waals surface area contributed by atoms with Crippen LogP contribution in [0.5, 0.6) is 0 Å². The molecule has 2 rings (SSSR count). The number of hydrogen-bond donors (Lipinski definition) is 3. The van der Waals surface area contributed by atoms with Crippen LogP contribution in [0.4, 0.5) is 5.82 Å². The maximum atomic E-state index is 11.8. The van der Waals surface area contributed by atoms with Gasteiger partial charge < -0.3 is 10.6 Å². The molecular formula is C10H13N7O. The van der Waals surface area contributed by atoms with Crippen LogP contribution >= 0.6 is 0 Å². The Kier molecular flexibility index (Phi) is 3.79. The number of rotatable bonds is 5. The van der Waals surface area contributed by atoms with Crippen LogP contribution in [0.25, 0.3) is 0 Å². The lowest BCUT2D eigenvalue weighted by Crippen LogP contribution is -2.24. The van der Waals surface area contributed by atoms with Gasteiger partial charge in [0.2, 0.25) is 0 Å². The average molecular weight is 247 g/mol. The van der Waals surface area contributed by atoms with Crippen molar-refractivity contribution in [3.63, 3.8) is 0 Å². The lowest BCUT2D eigenvalue weighted by molar-refractivity contribution is 0.0945. The maximum Gasteiger partial charge on any atom is 0.270 e. The second kappa shape index (κ2) is 5.71. The Labute approximate surface area is 103 Å². The fourth-order valence-electron chi connectivity index (χ4n) is 1.35. The molecule has 0 aromatic carbocycles. The summed E-state index contributed by atoms with van der Waals surface area (Å²) >= 11 is 0. The molecule has 0 aliphatic carbocycles. The molecule has 0 fully saturated rings. The molecule has 0 saturated heterocycles. The molecule has 3 N–H and O–H groups in total. The van der Waals surface area contributed by atoms with Crippen molar-refractivity contribution in [3.8, 4) is 0 Å².